The molecule has 4 heteroatoms. The molecule has 0 saturated heterocycles. The summed E-state index contributed by atoms with van der Waals surface area (Å²) in [6, 6.07) is 5.40. The van der Waals surface area contributed by atoms with E-state index < -0.39 is 6.10 Å². The van der Waals surface area contributed by atoms with Crippen LogP contribution in [-0.2, 0) is 11.2 Å². The van der Waals surface area contributed by atoms with Gasteiger partial charge in [0.25, 0.3) is 0 Å². The first-order chi connectivity index (χ1) is 7.50. The highest BCUT2D eigenvalue weighted by Gasteiger charge is 2.11. The van der Waals surface area contributed by atoms with Crippen molar-refractivity contribution in [3.05, 3.63) is 33.8 Å². The average molecular weight is 263 g/mol. The van der Waals surface area contributed by atoms with E-state index in [-0.39, 0.29) is 6.10 Å². The van der Waals surface area contributed by atoms with Gasteiger partial charge in [-0.05, 0) is 25.5 Å². The van der Waals surface area contributed by atoms with Crippen molar-refractivity contribution in [2.75, 3.05) is 6.61 Å². The predicted molar refractivity (Wildman–Crippen MR) is 67.3 cm³/mol. The molecule has 2 nitrogen and oxygen atoms in total. The number of hydrogen-bond acceptors (Lipinski definition) is 2. The van der Waals surface area contributed by atoms with E-state index in [9.17, 15) is 5.11 Å². The zero-order valence-electron chi connectivity index (χ0n) is 9.41. The molecule has 0 bridgehead atoms. The molecule has 1 unspecified atom stereocenters. The summed E-state index contributed by atoms with van der Waals surface area (Å²) in [7, 11) is 0. The molecule has 1 rings (SSSR count). The summed E-state index contributed by atoms with van der Waals surface area (Å²) in [4.78, 5) is 0. The van der Waals surface area contributed by atoms with Gasteiger partial charge in [0.1, 0.15) is 0 Å². The molecule has 0 amide bonds. The molecule has 1 aromatic carbocycles. The second-order valence-corrected chi connectivity index (χ2v) is 4.74. The van der Waals surface area contributed by atoms with Crippen LogP contribution in [0.5, 0.6) is 0 Å². The SMILES string of the molecule is CC(C)OCC(O)Cc1cccc(Cl)c1Cl. The molecule has 1 atom stereocenters. The third-order valence-corrected chi connectivity index (χ3v) is 2.97. The minimum Gasteiger partial charge on any atom is -0.390 e. The van der Waals surface area contributed by atoms with Crippen molar-refractivity contribution in [2.24, 2.45) is 0 Å². The minimum atomic E-state index is -0.557. The molecule has 0 saturated carbocycles. The van der Waals surface area contributed by atoms with Crippen LogP contribution >= 0.6 is 23.2 Å². The van der Waals surface area contributed by atoms with Gasteiger partial charge in [-0.15, -0.1) is 0 Å². The zero-order chi connectivity index (χ0) is 12.1. The smallest absolute Gasteiger partial charge is 0.0814 e. The lowest BCUT2D eigenvalue weighted by molar-refractivity contribution is 0.00622. The van der Waals surface area contributed by atoms with E-state index in [4.69, 9.17) is 27.9 Å². The molecule has 1 aromatic rings. The molecule has 0 radical (unpaired) electrons. The normalized spacial score (nSPS) is 13.1. The van der Waals surface area contributed by atoms with E-state index in [2.05, 4.69) is 0 Å². The maximum Gasteiger partial charge on any atom is 0.0814 e. The fourth-order valence-electron chi connectivity index (χ4n) is 1.32. The van der Waals surface area contributed by atoms with Crippen LogP contribution in [0.4, 0.5) is 0 Å². The van der Waals surface area contributed by atoms with Crippen LogP contribution in [0.2, 0.25) is 10.0 Å². The quantitative estimate of drug-likeness (QED) is 0.883. The second kappa shape index (κ2) is 6.45. The van der Waals surface area contributed by atoms with E-state index in [1.165, 1.54) is 0 Å². The molecule has 0 spiro atoms. The van der Waals surface area contributed by atoms with Crippen LogP contribution in [0.15, 0.2) is 18.2 Å². The van der Waals surface area contributed by atoms with Crippen molar-refractivity contribution in [2.45, 2.75) is 32.5 Å². The zero-order valence-corrected chi connectivity index (χ0v) is 10.9. The van der Waals surface area contributed by atoms with Gasteiger partial charge in [-0.25, -0.2) is 0 Å². The minimum absolute atomic E-state index is 0.115. The first-order valence-electron chi connectivity index (χ1n) is 5.23. The Morgan fingerprint density at radius 2 is 2.00 bits per heavy atom. The highest BCUT2D eigenvalue weighted by molar-refractivity contribution is 6.42. The monoisotopic (exact) mass is 262 g/mol. The summed E-state index contributed by atoms with van der Waals surface area (Å²) in [5.41, 5.74) is 0.842. The first kappa shape index (κ1) is 13.8. The molecule has 16 heavy (non-hydrogen) atoms. The summed E-state index contributed by atoms with van der Waals surface area (Å²) in [6.07, 6.45) is 0.00870. The summed E-state index contributed by atoms with van der Waals surface area (Å²) in [6.45, 7) is 4.17. The second-order valence-electron chi connectivity index (χ2n) is 3.95. The van der Waals surface area contributed by atoms with Crippen LogP contribution in [0.1, 0.15) is 19.4 Å². The van der Waals surface area contributed by atoms with Gasteiger partial charge in [-0.2, -0.15) is 0 Å². The average Bonchev–Trinajstić information content (AvgIpc) is 2.22. The summed E-state index contributed by atoms with van der Waals surface area (Å²) in [5, 5.41) is 10.8. The van der Waals surface area contributed by atoms with Crippen LogP contribution < -0.4 is 0 Å². The lowest BCUT2D eigenvalue weighted by Crippen LogP contribution is -2.20. The molecule has 0 aliphatic carbocycles. The van der Waals surface area contributed by atoms with Crippen LogP contribution in [0.25, 0.3) is 0 Å². The fourth-order valence-corrected chi connectivity index (χ4v) is 1.72. The molecular formula is C12H16Cl2O2. The van der Waals surface area contributed by atoms with Crippen LogP contribution in [-0.4, -0.2) is 23.9 Å². The van der Waals surface area contributed by atoms with Gasteiger partial charge in [-0.3, -0.25) is 0 Å². The lowest BCUT2D eigenvalue weighted by atomic mass is 10.1. The molecule has 0 aromatic heterocycles. The van der Waals surface area contributed by atoms with Crippen molar-refractivity contribution in [1.82, 2.24) is 0 Å². The molecule has 0 heterocycles. The molecular weight excluding hydrogens is 247 g/mol. The largest absolute Gasteiger partial charge is 0.390 e. The number of aliphatic hydroxyl groups is 1. The Bertz CT molecular complexity index is 340. The maximum absolute atomic E-state index is 9.74. The Hall–Kier alpha value is -0.280. The number of halogens is 2. The van der Waals surface area contributed by atoms with Crippen LogP contribution in [0, 0.1) is 0 Å². The fraction of sp³-hybridized carbons (Fsp3) is 0.500. The van der Waals surface area contributed by atoms with Gasteiger partial charge in [0.05, 0.1) is 28.9 Å². The number of aliphatic hydroxyl groups excluding tert-OH is 1. The van der Waals surface area contributed by atoms with E-state index >= 15 is 0 Å². The van der Waals surface area contributed by atoms with E-state index in [1.807, 2.05) is 26.0 Å². The summed E-state index contributed by atoms with van der Waals surface area (Å²) < 4.78 is 5.32. The van der Waals surface area contributed by atoms with Gasteiger partial charge in [0, 0.05) is 6.42 Å². The highest BCUT2D eigenvalue weighted by Crippen LogP contribution is 2.26. The van der Waals surface area contributed by atoms with Crippen molar-refractivity contribution >= 4 is 23.2 Å². The first-order valence-corrected chi connectivity index (χ1v) is 5.99. The summed E-state index contributed by atoms with van der Waals surface area (Å²) in [5.74, 6) is 0. The molecule has 1 N–H and O–H groups in total. The number of rotatable bonds is 5. The van der Waals surface area contributed by atoms with Crippen LogP contribution in [0.3, 0.4) is 0 Å². The van der Waals surface area contributed by atoms with Crippen molar-refractivity contribution in [1.29, 1.82) is 0 Å². The predicted octanol–water partition coefficient (Wildman–Crippen LogP) is 3.32. The molecule has 0 aliphatic heterocycles. The Kier molecular flexibility index (Phi) is 5.56. The maximum atomic E-state index is 9.74. The lowest BCUT2D eigenvalue weighted by Gasteiger charge is -2.14. The standard InChI is InChI=1S/C12H16Cl2O2/c1-8(2)16-7-10(15)6-9-4-3-5-11(13)12(9)14/h3-5,8,10,15H,6-7H2,1-2H3. The molecule has 90 valence electrons. The topological polar surface area (TPSA) is 29.5 Å². The Balaban J connectivity index is 2.56. The van der Waals surface area contributed by atoms with Gasteiger partial charge in [0.2, 0.25) is 0 Å². The number of benzene rings is 1. The van der Waals surface area contributed by atoms with E-state index in [0.717, 1.165) is 5.56 Å². The molecule has 0 aliphatic rings. The van der Waals surface area contributed by atoms with Crippen molar-refractivity contribution in [3.63, 3.8) is 0 Å². The van der Waals surface area contributed by atoms with E-state index in [1.54, 1.807) is 6.07 Å². The molecule has 0 fully saturated rings. The van der Waals surface area contributed by atoms with Crippen molar-refractivity contribution < 1.29 is 9.84 Å². The summed E-state index contributed by atoms with van der Waals surface area (Å²) >= 11 is 11.9. The van der Waals surface area contributed by atoms with Gasteiger partial charge in [0.15, 0.2) is 0 Å². The highest BCUT2D eigenvalue weighted by atomic mass is 35.5. The van der Waals surface area contributed by atoms with Gasteiger partial charge >= 0.3 is 0 Å². The van der Waals surface area contributed by atoms with Gasteiger partial charge < -0.3 is 9.84 Å². The van der Waals surface area contributed by atoms with Gasteiger partial charge in [-0.1, -0.05) is 35.3 Å². The third-order valence-electron chi connectivity index (χ3n) is 2.11. The number of hydrogen-bond donors (Lipinski definition) is 1. The Labute approximate surface area is 106 Å². The number of ether oxygens (including phenoxy) is 1. The van der Waals surface area contributed by atoms with E-state index in [0.29, 0.717) is 23.1 Å². The Morgan fingerprint density at radius 1 is 1.31 bits per heavy atom. The van der Waals surface area contributed by atoms with Crippen molar-refractivity contribution in [3.8, 4) is 0 Å². The third kappa shape index (κ3) is 4.30. The Morgan fingerprint density at radius 3 is 2.62 bits per heavy atom.